The van der Waals surface area contributed by atoms with Crippen molar-refractivity contribution in [1.82, 2.24) is 4.57 Å². The van der Waals surface area contributed by atoms with E-state index in [0.717, 1.165) is 20.3 Å². The summed E-state index contributed by atoms with van der Waals surface area (Å²) >= 11 is 3.43. The zero-order valence-corrected chi connectivity index (χ0v) is 15.5. The summed E-state index contributed by atoms with van der Waals surface area (Å²) in [6, 6.07) is 14.4. The number of azo groups is 1. The number of carbonyl (C=O) groups excluding carboxylic acids is 1. The molecule has 3 rings (SSSR count). The smallest absolute Gasteiger partial charge is 0.295 e. The number of quaternary nitrogens is 1. The van der Waals surface area contributed by atoms with Gasteiger partial charge in [0.1, 0.15) is 0 Å². The molecule has 2 N–H and O–H groups in total. The molecule has 25 heavy (non-hydrogen) atoms. The number of rotatable bonds is 4. The number of fused-ring (bicyclic) bond motifs is 1. The van der Waals surface area contributed by atoms with Crippen LogP contribution in [-0.4, -0.2) is 29.7 Å². The molecular formula is C18H18BrN4O2+. The Morgan fingerprint density at radius 1 is 1.20 bits per heavy atom. The van der Waals surface area contributed by atoms with Gasteiger partial charge >= 0.3 is 0 Å². The van der Waals surface area contributed by atoms with Crippen LogP contribution >= 0.6 is 15.9 Å². The molecular weight excluding hydrogens is 384 g/mol. The van der Waals surface area contributed by atoms with Crippen LogP contribution in [0, 0.1) is 0 Å². The van der Waals surface area contributed by atoms with Gasteiger partial charge in [-0.3, -0.25) is 9.36 Å². The zero-order valence-electron chi connectivity index (χ0n) is 13.9. The van der Waals surface area contributed by atoms with Crippen molar-refractivity contribution < 1.29 is 14.8 Å². The van der Waals surface area contributed by atoms with Gasteiger partial charge < -0.3 is 10.0 Å². The molecule has 0 aliphatic carbocycles. The lowest BCUT2D eigenvalue weighted by Crippen LogP contribution is -3.04. The fourth-order valence-electron chi connectivity index (χ4n) is 2.60. The third-order valence-corrected chi connectivity index (χ3v) is 4.20. The van der Waals surface area contributed by atoms with Crippen molar-refractivity contribution in [3.63, 3.8) is 0 Å². The number of halogens is 1. The Balaban J connectivity index is 2.06. The highest BCUT2D eigenvalue weighted by Crippen LogP contribution is 2.39. The Bertz CT molecular complexity index is 949. The molecule has 2 aromatic carbocycles. The maximum absolute atomic E-state index is 12.2. The third kappa shape index (κ3) is 3.62. The molecule has 0 radical (unpaired) electrons. The van der Waals surface area contributed by atoms with Gasteiger partial charge in [-0.05, 0) is 30.3 Å². The van der Waals surface area contributed by atoms with E-state index in [4.69, 9.17) is 0 Å². The predicted molar refractivity (Wildman–Crippen MR) is 99.4 cm³/mol. The molecule has 0 atom stereocenters. The van der Waals surface area contributed by atoms with Crippen molar-refractivity contribution >= 4 is 38.4 Å². The first-order valence-corrected chi connectivity index (χ1v) is 8.57. The van der Waals surface area contributed by atoms with Crippen molar-refractivity contribution in [3.05, 3.63) is 58.6 Å². The molecule has 0 spiro atoms. The van der Waals surface area contributed by atoms with Crippen LogP contribution in [0.1, 0.15) is 10.4 Å². The molecule has 3 aromatic rings. The maximum atomic E-state index is 12.2. The Hall–Kier alpha value is -2.51. The van der Waals surface area contributed by atoms with Crippen LogP contribution in [0.2, 0.25) is 0 Å². The highest BCUT2D eigenvalue weighted by Gasteiger charge is 2.19. The van der Waals surface area contributed by atoms with Crippen LogP contribution in [0.3, 0.4) is 0 Å². The largest absolute Gasteiger partial charge is 0.493 e. The minimum Gasteiger partial charge on any atom is -0.493 e. The SMILES string of the molecule is C[NH+](C)Cn1c(O)c(N=NC(=O)c2ccccc2)c2cc(Br)ccc21. The van der Waals surface area contributed by atoms with Crippen LogP contribution < -0.4 is 4.90 Å². The topological polar surface area (TPSA) is 71.4 Å². The maximum Gasteiger partial charge on any atom is 0.295 e. The van der Waals surface area contributed by atoms with Gasteiger partial charge in [-0.15, -0.1) is 10.2 Å². The van der Waals surface area contributed by atoms with Crippen molar-refractivity contribution in [3.8, 4) is 5.88 Å². The average Bonchev–Trinajstić information content (AvgIpc) is 2.84. The third-order valence-electron chi connectivity index (χ3n) is 3.71. The second kappa shape index (κ2) is 7.16. The molecule has 0 aliphatic rings. The average molecular weight is 402 g/mol. The van der Waals surface area contributed by atoms with Gasteiger partial charge in [0.25, 0.3) is 5.91 Å². The highest BCUT2D eigenvalue weighted by molar-refractivity contribution is 9.10. The normalized spacial score (nSPS) is 11.7. The lowest BCUT2D eigenvalue weighted by atomic mass is 10.2. The van der Waals surface area contributed by atoms with Crippen molar-refractivity contribution in [2.24, 2.45) is 10.2 Å². The first kappa shape index (κ1) is 17.3. The second-order valence-corrected chi connectivity index (χ2v) is 6.91. The Morgan fingerprint density at radius 2 is 1.92 bits per heavy atom. The van der Waals surface area contributed by atoms with E-state index in [2.05, 4.69) is 26.2 Å². The van der Waals surface area contributed by atoms with E-state index in [1.54, 1.807) is 28.8 Å². The Kier molecular flexibility index (Phi) is 4.96. The molecule has 0 saturated heterocycles. The first-order valence-electron chi connectivity index (χ1n) is 7.78. The van der Waals surface area contributed by atoms with E-state index in [1.807, 2.05) is 38.4 Å². The van der Waals surface area contributed by atoms with Crippen LogP contribution in [-0.2, 0) is 6.67 Å². The summed E-state index contributed by atoms with van der Waals surface area (Å²) in [6.07, 6.45) is 0. The first-order chi connectivity index (χ1) is 12.0. The van der Waals surface area contributed by atoms with Crippen LogP contribution in [0.25, 0.3) is 10.9 Å². The van der Waals surface area contributed by atoms with E-state index < -0.39 is 5.91 Å². The van der Waals surface area contributed by atoms with Gasteiger partial charge in [-0.1, -0.05) is 34.1 Å². The van der Waals surface area contributed by atoms with E-state index in [1.165, 1.54) is 0 Å². The van der Waals surface area contributed by atoms with Gasteiger partial charge in [0.2, 0.25) is 5.88 Å². The molecule has 1 aromatic heterocycles. The van der Waals surface area contributed by atoms with E-state index >= 15 is 0 Å². The summed E-state index contributed by atoms with van der Waals surface area (Å²) in [6.45, 7) is 0.562. The fraction of sp³-hybridized carbons (Fsp3) is 0.167. The van der Waals surface area contributed by atoms with E-state index in [9.17, 15) is 9.90 Å². The minimum atomic E-state index is -0.450. The number of nitrogens with zero attached hydrogens (tertiary/aromatic N) is 3. The fourth-order valence-corrected chi connectivity index (χ4v) is 2.97. The number of carbonyl (C=O) groups is 1. The number of nitrogens with one attached hydrogen (secondary N) is 1. The summed E-state index contributed by atoms with van der Waals surface area (Å²) < 4.78 is 2.62. The Labute approximate surface area is 153 Å². The molecule has 0 fully saturated rings. The van der Waals surface area contributed by atoms with Crippen LogP contribution in [0.4, 0.5) is 5.69 Å². The number of hydrogen-bond acceptors (Lipinski definition) is 3. The van der Waals surface area contributed by atoms with E-state index in [0.29, 0.717) is 17.9 Å². The summed E-state index contributed by atoms with van der Waals surface area (Å²) in [5.74, 6) is -0.451. The monoisotopic (exact) mass is 401 g/mol. The van der Waals surface area contributed by atoms with Gasteiger partial charge in [0, 0.05) is 15.4 Å². The van der Waals surface area contributed by atoms with Crippen molar-refractivity contribution in [1.29, 1.82) is 0 Å². The van der Waals surface area contributed by atoms with Crippen molar-refractivity contribution in [2.75, 3.05) is 14.1 Å². The van der Waals surface area contributed by atoms with Crippen LogP contribution in [0.5, 0.6) is 5.88 Å². The molecule has 1 heterocycles. The minimum absolute atomic E-state index is 0.00101. The molecule has 128 valence electrons. The molecule has 1 amide bonds. The number of aromatic nitrogens is 1. The molecule has 6 nitrogen and oxygen atoms in total. The number of benzene rings is 2. The van der Waals surface area contributed by atoms with Crippen molar-refractivity contribution in [2.45, 2.75) is 6.67 Å². The van der Waals surface area contributed by atoms with Gasteiger partial charge in [0.15, 0.2) is 12.4 Å². The lowest BCUT2D eigenvalue weighted by Gasteiger charge is -2.10. The lowest BCUT2D eigenvalue weighted by molar-refractivity contribution is -0.882. The quantitative estimate of drug-likeness (QED) is 0.659. The summed E-state index contributed by atoms with van der Waals surface area (Å²) in [4.78, 5) is 13.3. The zero-order chi connectivity index (χ0) is 18.0. The molecule has 0 saturated carbocycles. The second-order valence-electron chi connectivity index (χ2n) is 6.00. The standard InChI is InChI=1S/C18H17BrN4O2/c1-22(2)11-23-15-9-8-13(19)10-14(15)16(18(23)25)20-21-17(24)12-6-4-3-5-7-12/h3-10,25H,11H2,1-2H3/p+1. The van der Waals surface area contributed by atoms with Gasteiger partial charge in [-0.2, -0.15) is 0 Å². The Morgan fingerprint density at radius 3 is 2.60 bits per heavy atom. The van der Waals surface area contributed by atoms with Crippen LogP contribution in [0.15, 0.2) is 63.2 Å². The summed E-state index contributed by atoms with van der Waals surface area (Å²) in [5.41, 5.74) is 1.58. The number of hydrogen-bond donors (Lipinski definition) is 2. The predicted octanol–water partition coefficient (Wildman–Crippen LogP) is 3.14. The van der Waals surface area contributed by atoms with E-state index in [-0.39, 0.29) is 5.88 Å². The molecule has 0 unspecified atom stereocenters. The summed E-state index contributed by atoms with van der Waals surface area (Å²) in [5, 5.41) is 19.2. The molecule has 0 bridgehead atoms. The highest BCUT2D eigenvalue weighted by atomic mass is 79.9. The molecule has 7 heteroatoms. The van der Waals surface area contributed by atoms with Gasteiger partial charge in [0.05, 0.1) is 19.6 Å². The number of amides is 1. The summed E-state index contributed by atoms with van der Waals surface area (Å²) in [7, 11) is 3.98. The molecule has 0 aliphatic heterocycles. The van der Waals surface area contributed by atoms with Gasteiger partial charge in [-0.25, -0.2) is 0 Å². The number of aromatic hydroxyl groups is 1.